The Morgan fingerprint density at radius 1 is 0.895 bits per heavy atom. The molecule has 0 fully saturated rings. The van der Waals surface area contributed by atoms with Gasteiger partial charge >= 0.3 is 0 Å². The van der Waals surface area contributed by atoms with E-state index in [1.165, 1.54) is 0 Å². The zero-order valence-corrected chi connectivity index (χ0v) is 12.3. The number of benzene rings is 2. The molecule has 0 unspecified atom stereocenters. The molecule has 0 aromatic heterocycles. The fraction of sp³-hybridized carbons (Fsp3) is 0.143. The topological polar surface area (TPSA) is 35.2 Å². The minimum Gasteiger partial charge on any atom is -0.455 e. The lowest BCUT2D eigenvalue weighted by atomic mass is 10.1. The molecule has 2 nitrogen and oxygen atoms in total. The summed E-state index contributed by atoms with van der Waals surface area (Å²) in [4.78, 5) is 0. The van der Waals surface area contributed by atoms with E-state index < -0.39 is 0 Å². The summed E-state index contributed by atoms with van der Waals surface area (Å²) in [6.07, 6.45) is 0.632. The Labute approximate surface area is 127 Å². The Bertz CT molecular complexity index is 587. The second-order valence-electron chi connectivity index (χ2n) is 3.91. The first-order chi connectivity index (χ1) is 9.13. The van der Waals surface area contributed by atoms with E-state index in [2.05, 4.69) is 0 Å². The Balaban J connectivity index is 2.38. The summed E-state index contributed by atoms with van der Waals surface area (Å²) in [6.45, 7) is 0.489. The molecule has 0 bridgehead atoms. The lowest BCUT2D eigenvalue weighted by molar-refractivity contribution is 0.476. The number of nitrogens with two attached hydrogens (primary N) is 1. The van der Waals surface area contributed by atoms with Gasteiger partial charge in [0, 0.05) is 10.6 Å². The van der Waals surface area contributed by atoms with Gasteiger partial charge in [0.1, 0.15) is 16.5 Å². The number of rotatable bonds is 4. The van der Waals surface area contributed by atoms with Gasteiger partial charge in [0.25, 0.3) is 0 Å². The third kappa shape index (κ3) is 3.34. The Kier molecular flexibility index (Phi) is 4.94. The van der Waals surface area contributed by atoms with E-state index in [0.29, 0.717) is 39.5 Å². The van der Waals surface area contributed by atoms with Crippen LogP contribution in [0.2, 0.25) is 15.1 Å². The van der Waals surface area contributed by atoms with Gasteiger partial charge in [-0.05, 0) is 37.2 Å². The van der Waals surface area contributed by atoms with Crippen LogP contribution in [0.3, 0.4) is 0 Å². The van der Waals surface area contributed by atoms with Crippen molar-refractivity contribution in [1.29, 1.82) is 0 Å². The van der Waals surface area contributed by atoms with Crippen molar-refractivity contribution in [2.75, 3.05) is 6.54 Å². The highest BCUT2D eigenvalue weighted by molar-refractivity contribution is 6.42. The van der Waals surface area contributed by atoms with Crippen molar-refractivity contribution in [2.24, 2.45) is 5.73 Å². The summed E-state index contributed by atoms with van der Waals surface area (Å²) < 4.78 is 5.80. The molecule has 0 spiro atoms. The van der Waals surface area contributed by atoms with Gasteiger partial charge in [0.2, 0.25) is 0 Å². The molecule has 2 aromatic rings. The number of halogens is 3. The SMILES string of the molecule is NCCc1c(Cl)cccc1Oc1cccc(Cl)c1Cl. The normalized spacial score (nSPS) is 10.5. The first-order valence-electron chi connectivity index (χ1n) is 5.73. The van der Waals surface area contributed by atoms with Crippen LogP contribution in [0, 0.1) is 0 Å². The van der Waals surface area contributed by atoms with Crippen molar-refractivity contribution < 1.29 is 4.74 Å². The zero-order valence-electron chi connectivity index (χ0n) is 10.00. The molecule has 0 aliphatic carbocycles. The van der Waals surface area contributed by atoms with Crippen molar-refractivity contribution in [3.8, 4) is 11.5 Å². The molecule has 2 aromatic carbocycles. The van der Waals surface area contributed by atoms with Crippen LogP contribution in [-0.2, 0) is 6.42 Å². The first kappa shape index (κ1) is 14.5. The quantitative estimate of drug-likeness (QED) is 0.867. The Morgan fingerprint density at radius 3 is 2.21 bits per heavy atom. The van der Waals surface area contributed by atoms with Gasteiger partial charge in [-0.3, -0.25) is 0 Å². The summed E-state index contributed by atoms with van der Waals surface area (Å²) in [5.41, 5.74) is 6.45. The molecule has 0 amide bonds. The van der Waals surface area contributed by atoms with Crippen LogP contribution in [0.15, 0.2) is 36.4 Å². The van der Waals surface area contributed by atoms with E-state index in [4.69, 9.17) is 45.3 Å². The number of ether oxygens (including phenoxy) is 1. The van der Waals surface area contributed by atoms with E-state index in [1.54, 1.807) is 24.3 Å². The van der Waals surface area contributed by atoms with Crippen LogP contribution in [0.1, 0.15) is 5.56 Å². The number of hydrogen-bond acceptors (Lipinski definition) is 2. The van der Waals surface area contributed by atoms with E-state index in [9.17, 15) is 0 Å². The molecule has 0 radical (unpaired) electrons. The van der Waals surface area contributed by atoms with Crippen LogP contribution < -0.4 is 10.5 Å². The molecule has 0 heterocycles. The van der Waals surface area contributed by atoms with Crippen molar-refractivity contribution in [2.45, 2.75) is 6.42 Å². The van der Waals surface area contributed by atoms with Gasteiger partial charge in [0.05, 0.1) is 5.02 Å². The number of hydrogen-bond donors (Lipinski definition) is 1. The van der Waals surface area contributed by atoms with Gasteiger partial charge < -0.3 is 10.5 Å². The molecule has 0 saturated heterocycles. The highest BCUT2D eigenvalue weighted by atomic mass is 35.5. The van der Waals surface area contributed by atoms with Crippen LogP contribution in [0.4, 0.5) is 0 Å². The summed E-state index contributed by atoms with van der Waals surface area (Å²) in [6, 6.07) is 10.7. The van der Waals surface area contributed by atoms with E-state index in [-0.39, 0.29) is 0 Å². The highest BCUT2D eigenvalue weighted by Gasteiger charge is 2.11. The second-order valence-corrected chi connectivity index (χ2v) is 5.10. The summed E-state index contributed by atoms with van der Waals surface area (Å²) >= 11 is 18.2. The summed E-state index contributed by atoms with van der Waals surface area (Å²) in [5.74, 6) is 1.14. The van der Waals surface area contributed by atoms with E-state index >= 15 is 0 Å². The van der Waals surface area contributed by atoms with E-state index in [0.717, 1.165) is 5.56 Å². The minimum absolute atomic E-state index is 0.378. The first-order valence-corrected chi connectivity index (χ1v) is 6.86. The maximum atomic E-state index is 6.15. The van der Waals surface area contributed by atoms with Gasteiger partial charge in [-0.2, -0.15) is 0 Å². The van der Waals surface area contributed by atoms with Crippen LogP contribution >= 0.6 is 34.8 Å². The monoisotopic (exact) mass is 315 g/mol. The Morgan fingerprint density at radius 2 is 1.53 bits per heavy atom. The van der Waals surface area contributed by atoms with E-state index in [1.807, 2.05) is 12.1 Å². The molecule has 0 saturated carbocycles. The molecular weight excluding hydrogens is 305 g/mol. The molecule has 0 atom stereocenters. The van der Waals surface area contributed by atoms with Crippen LogP contribution in [0.25, 0.3) is 0 Å². The maximum Gasteiger partial charge on any atom is 0.147 e. The predicted octanol–water partition coefficient (Wildman–Crippen LogP) is 4.94. The minimum atomic E-state index is 0.378. The third-order valence-electron chi connectivity index (χ3n) is 2.61. The second kappa shape index (κ2) is 6.49. The maximum absolute atomic E-state index is 6.15. The summed E-state index contributed by atoms with van der Waals surface area (Å²) in [5, 5.41) is 1.45. The smallest absolute Gasteiger partial charge is 0.147 e. The molecule has 100 valence electrons. The average Bonchev–Trinajstić information content (AvgIpc) is 2.39. The van der Waals surface area contributed by atoms with Gasteiger partial charge in [-0.25, -0.2) is 0 Å². The lowest BCUT2D eigenvalue weighted by Gasteiger charge is -2.13. The Hall–Kier alpha value is -0.930. The molecule has 0 aliphatic rings. The summed E-state index contributed by atoms with van der Waals surface area (Å²) in [7, 11) is 0. The molecule has 5 heteroatoms. The van der Waals surface area contributed by atoms with Gasteiger partial charge in [0.15, 0.2) is 0 Å². The lowest BCUT2D eigenvalue weighted by Crippen LogP contribution is -2.04. The highest BCUT2D eigenvalue weighted by Crippen LogP contribution is 2.37. The van der Waals surface area contributed by atoms with Crippen LogP contribution in [-0.4, -0.2) is 6.54 Å². The largest absolute Gasteiger partial charge is 0.455 e. The average molecular weight is 317 g/mol. The fourth-order valence-corrected chi connectivity index (χ4v) is 2.29. The molecular formula is C14H12Cl3NO. The van der Waals surface area contributed by atoms with Crippen LogP contribution in [0.5, 0.6) is 11.5 Å². The molecule has 19 heavy (non-hydrogen) atoms. The van der Waals surface area contributed by atoms with Gasteiger partial charge in [-0.1, -0.05) is 46.9 Å². The van der Waals surface area contributed by atoms with Crippen molar-refractivity contribution in [3.63, 3.8) is 0 Å². The van der Waals surface area contributed by atoms with Crippen molar-refractivity contribution >= 4 is 34.8 Å². The predicted molar refractivity (Wildman–Crippen MR) is 80.7 cm³/mol. The molecule has 2 rings (SSSR count). The third-order valence-corrected chi connectivity index (χ3v) is 3.76. The standard InChI is InChI=1S/C14H12Cl3NO/c15-10-3-1-5-12(9(10)7-8-18)19-13-6-2-4-11(16)14(13)17/h1-6H,7-8,18H2. The van der Waals surface area contributed by atoms with Gasteiger partial charge in [-0.15, -0.1) is 0 Å². The van der Waals surface area contributed by atoms with Crippen molar-refractivity contribution in [1.82, 2.24) is 0 Å². The fourth-order valence-electron chi connectivity index (χ4n) is 1.70. The molecule has 0 aliphatic heterocycles. The zero-order chi connectivity index (χ0) is 13.8. The van der Waals surface area contributed by atoms with Crippen molar-refractivity contribution in [3.05, 3.63) is 57.0 Å². The molecule has 2 N–H and O–H groups in total.